The molecule has 7 heteroatoms. The minimum absolute atomic E-state index is 0.0224. The zero-order chi connectivity index (χ0) is 21.5. The molecule has 0 bridgehead atoms. The fourth-order valence-corrected chi connectivity index (χ4v) is 3.57. The van der Waals surface area contributed by atoms with Crippen molar-refractivity contribution >= 4 is 12.0 Å². The molecular weight excluding hydrogens is 392 g/mol. The highest BCUT2D eigenvalue weighted by atomic mass is 19.3. The van der Waals surface area contributed by atoms with E-state index in [9.17, 15) is 13.6 Å². The minimum Gasteiger partial charge on any atom is -0.494 e. The quantitative estimate of drug-likeness (QED) is 0.563. The first-order valence-corrected chi connectivity index (χ1v) is 9.86. The number of amides is 1. The van der Waals surface area contributed by atoms with E-state index in [0.717, 1.165) is 24.2 Å². The number of halogens is 2. The third-order valence-corrected chi connectivity index (χ3v) is 4.93. The third-order valence-electron chi connectivity index (χ3n) is 4.93. The average molecular weight is 417 g/mol. The summed E-state index contributed by atoms with van der Waals surface area (Å²) in [6.07, 6.45) is 4.98. The van der Waals surface area contributed by atoms with Gasteiger partial charge in [-0.25, -0.2) is 0 Å². The predicted octanol–water partition coefficient (Wildman–Crippen LogP) is 5.07. The van der Waals surface area contributed by atoms with Gasteiger partial charge < -0.3 is 19.1 Å². The Kier molecular flexibility index (Phi) is 7.27. The summed E-state index contributed by atoms with van der Waals surface area (Å²) in [5.74, 6) is 0.841. The van der Waals surface area contributed by atoms with E-state index in [4.69, 9.17) is 9.47 Å². The highest BCUT2D eigenvalue weighted by Crippen LogP contribution is 2.33. The molecule has 0 saturated carbocycles. The van der Waals surface area contributed by atoms with Crippen LogP contribution in [0.2, 0.25) is 0 Å². The SMILES string of the molecule is CCOc1ccc(C2CCCN2C(=O)/C=C/c2ccc(OC(F)F)c(OC)c2)cc1. The molecule has 1 amide bonds. The number of methoxy groups -OCH3 is 1. The maximum absolute atomic E-state index is 12.8. The lowest BCUT2D eigenvalue weighted by Crippen LogP contribution is -2.28. The Balaban J connectivity index is 1.70. The maximum atomic E-state index is 12.8. The van der Waals surface area contributed by atoms with Gasteiger partial charge >= 0.3 is 6.61 Å². The zero-order valence-electron chi connectivity index (χ0n) is 17.0. The number of alkyl halides is 2. The summed E-state index contributed by atoms with van der Waals surface area (Å²) in [5, 5.41) is 0. The molecule has 30 heavy (non-hydrogen) atoms. The number of likely N-dealkylation sites (tertiary alicyclic amines) is 1. The van der Waals surface area contributed by atoms with E-state index in [-0.39, 0.29) is 23.4 Å². The fourth-order valence-electron chi connectivity index (χ4n) is 3.57. The van der Waals surface area contributed by atoms with E-state index in [1.54, 1.807) is 18.2 Å². The Labute approximate surface area is 174 Å². The lowest BCUT2D eigenvalue weighted by Gasteiger charge is -2.24. The highest BCUT2D eigenvalue weighted by molar-refractivity contribution is 5.92. The van der Waals surface area contributed by atoms with E-state index >= 15 is 0 Å². The average Bonchev–Trinajstić information content (AvgIpc) is 3.23. The Bertz CT molecular complexity index is 883. The molecule has 0 N–H and O–H groups in total. The van der Waals surface area contributed by atoms with Gasteiger partial charge in [0.1, 0.15) is 5.75 Å². The smallest absolute Gasteiger partial charge is 0.387 e. The predicted molar refractivity (Wildman–Crippen MR) is 110 cm³/mol. The molecule has 2 aromatic carbocycles. The Morgan fingerprint density at radius 1 is 1.20 bits per heavy atom. The Morgan fingerprint density at radius 3 is 2.63 bits per heavy atom. The summed E-state index contributed by atoms with van der Waals surface area (Å²) in [5.41, 5.74) is 1.73. The highest BCUT2D eigenvalue weighted by Gasteiger charge is 2.28. The second-order valence-electron chi connectivity index (χ2n) is 6.81. The van der Waals surface area contributed by atoms with Crippen LogP contribution in [-0.4, -0.2) is 37.7 Å². The molecule has 0 spiro atoms. The van der Waals surface area contributed by atoms with E-state index in [0.29, 0.717) is 18.7 Å². The van der Waals surface area contributed by atoms with Crippen LogP contribution in [0.1, 0.15) is 36.9 Å². The number of carbonyl (C=O) groups excluding carboxylic acids is 1. The standard InChI is InChI=1S/C23H25F2NO4/c1-3-29-18-10-8-17(9-11-18)19-5-4-14-26(19)22(27)13-7-16-6-12-20(30-23(24)25)21(15-16)28-2/h6-13,15,19,23H,3-5,14H2,1-2H3/b13-7+. The molecule has 5 nitrogen and oxygen atoms in total. The summed E-state index contributed by atoms with van der Waals surface area (Å²) in [6.45, 7) is 0.299. The van der Waals surface area contributed by atoms with Crippen LogP contribution in [0.5, 0.6) is 17.2 Å². The van der Waals surface area contributed by atoms with Crippen molar-refractivity contribution in [3.63, 3.8) is 0 Å². The van der Waals surface area contributed by atoms with Crippen molar-refractivity contribution in [3.8, 4) is 17.2 Å². The number of rotatable bonds is 8. The van der Waals surface area contributed by atoms with Gasteiger partial charge in [-0.15, -0.1) is 0 Å². The summed E-state index contributed by atoms with van der Waals surface area (Å²) >= 11 is 0. The van der Waals surface area contributed by atoms with Gasteiger partial charge in [-0.05, 0) is 61.2 Å². The molecule has 2 aromatic rings. The number of benzene rings is 2. The molecule has 1 aliphatic heterocycles. The Hall–Kier alpha value is -3.09. The summed E-state index contributed by atoms with van der Waals surface area (Å²) < 4.78 is 39.9. The molecular formula is C23H25F2NO4. The normalized spacial score (nSPS) is 16.3. The first-order chi connectivity index (χ1) is 14.5. The molecule has 0 aromatic heterocycles. The van der Waals surface area contributed by atoms with Crippen LogP contribution in [0, 0.1) is 0 Å². The second-order valence-corrected chi connectivity index (χ2v) is 6.81. The molecule has 1 aliphatic rings. The lowest BCUT2D eigenvalue weighted by atomic mass is 10.0. The Morgan fingerprint density at radius 2 is 1.97 bits per heavy atom. The van der Waals surface area contributed by atoms with Crippen molar-refractivity contribution in [2.45, 2.75) is 32.4 Å². The van der Waals surface area contributed by atoms with Crippen LogP contribution < -0.4 is 14.2 Å². The summed E-state index contributed by atoms with van der Waals surface area (Å²) in [6, 6.07) is 12.4. The monoisotopic (exact) mass is 417 g/mol. The molecule has 160 valence electrons. The van der Waals surface area contributed by atoms with Crippen molar-refractivity contribution < 1.29 is 27.8 Å². The second kappa shape index (κ2) is 10.1. The van der Waals surface area contributed by atoms with Crippen LogP contribution in [0.4, 0.5) is 8.78 Å². The van der Waals surface area contributed by atoms with Crippen molar-refractivity contribution in [2.24, 2.45) is 0 Å². The number of carbonyl (C=O) groups is 1. The molecule has 3 rings (SSSR count). The van der Waals surface area contributed by atoms with Gasteiger partial charge in [0.15, 0.2) is 11.5 Å². The molecule has 1 saturated heterocycles. The third kappa shape index (κ3) is 5.28. The topological polar surface area (TPSA) is 48.0 Å². The van der Waals surface area contributed by atoms with Gasteiger partial charge in [-0.3, -0.25) is 4.79 Å². The van der Waals surface area contributed by atoms with Crippen LogP contribution in [0.3, 0.4) is 0 Å². The van der Waals surface area contributed by atoms with Gasteiger partial charge in [0.05, 0.1) is 19.8 Å². The van der Waals surface area contributed by atoms with Crippen LogP contribution in [-0.2, 0) is 4.79 Å². The van der Waals surface area contributed by atoms with Gasteiger partial charge in [0, 0.05) is 12.6 Å². The first-order valence-electron chi connectivity index (χ1n) is 9.86. The number of hydrogen-bond acceptors (Lipinski definition) is 4. The molecule has 1 unspecified atom stereocenters. The van der Waals surface area contributed by atoms with Crippen molar-refractivity contribution in [1.82, 2.24) is 4.90 Å². The van der Waals surface area contributed by atoms with E-state index in [1.165, 1.54) is 19.3 Å². The lowest BCUT2D eigenvalue weighted by molar-refractivity contribution is -0.126. The minimum atomic E-state index is -2.93. The number of ether oxygens (including phenoxy) is 3. The molecule has 1 fully saturated rings. The first kappa shape index (κ1) is 21.6. The summed E-state index contributed by atoms with van der Waals surface area (Å²) in [7, 11) is 1.37. The fraction of sp³-hybridized carbons (Fsp3) is 0.348. The van der Waals surface area contributed by atoms with E-state index in [1.807, 2.05) is 36.1 Å². The van der Waals surface area contributed by atoms with Crippen molar-refractivity contribution in [3.05, 3.63) is 59.7 Å². The van der Waals surface area contributed by atoms with Crippen LogP contribution >= 0.6 is 0 Å². The van der Waals surface area contributed by atoms with Gasteiger partial charge in [0.25, 0.3) is 0 Å². The largest absolute Gasteiger partial charge is 0.494 e. The van der Waals surface area contributed by atoms with Crippen LogP contribution in [0.25, 0.3) is 6.08 Å². The maximum Gasteiger partial charge on any atom is 0.387 e. The van der Waals surface area contributed by atoms with Gasteiger partial charge in [-0.1, -0.05) is 18.2 Å². The molecule has 0 radical (unpaired) electrons. The van der Waals surface area contributed by atoms with Crippen LogP contribution in [0.15, 0.2) is 48.5 Å². The molecule has 1 heterocycles. The van der Waals surface area contributed by atoms with E-state index < -0.39 is 6.61 Å². The molecule has 0 aliphatic carbocycles. The van der Waals surface area contributed by atoms with E-state index in [2.05, 4.69) is 4.74 Å². The summed E-state index contributed by atoms with van der Waals surface area (Å²) in [4.78, 5) is 14.6. The number of hydrogen-bond donors (Lipinski definition) is 0. The van der Waals surface area contributed by atoms with Gasteiger partial charge in [0.2, 0.25) is 5.91 Å². The van der Waals surface area contributed by atoms with Gasteiger partial charge in [-0.2, -0.15) is 8.78 Å². The van der Waals surface area contributed by atoms with Crippen molar-refractivity contribution in [2.75, 3.05) is 20.3 Å². The van der Waals surface area contributed by atoms with Crippen molar-refractivity contribution in [1.29, 1.82) is 0 Å². The number of nitrogens with zero attached hydrogens (tertiary/aromatic N) is 1. The zero-order valence-corrected chi connectivity index (χ0v) is 17.0. The molecule has 1 atom stereocenters.